The van der Waals surface area contributed by atoms with E-state index in [0.717, 1.165) is 20.8 Å². The molecule has 2 heterocycles. The molecule has 6 heteroatoms. The summed E-state index contributed by atoms with van der Waals surface area (Å²) in [5, 5.41) is 6.49. The van der Waals surface area contributed by atoms with Crippen molar-refractivity contribution in [3.8, 4) is 10.7 Å². The standard InChI is InChI=1S/C17H17N3OS2/c1-3-18-16(21)11(2)23-17-12-7-4-5-8-13(12)19-15(20-17)14-9-6-10-22-14/h4-11H,3H2,1-2H3,(H,18,21)/t11-/m0/s1. The number of amides is 1. The molecular weight excluding hydrogens is 326 g/mol. The molecule has 0 aliphatic rings. The van der Waals surface area contributed by atoms with Gasteiger partial charge in [-0.3, -0.25) is 4.79 Å². The third kappa shape index (κ3) is 3.54. The van der Waals surface area contributed by atoms with Gasteiger partial charge in [0.25, 0.3) is 0 Å². The van der Waals surface area contributed by atoms with Crippen LogP contribution in [-0.2, 0) is 4.79 Å². The van der Waals surface area contributed by atoms with Crippen molar-refractivity contribution in [3.63, 3.8) is 0 Å². The summed E-state index contributed by atoms with van der Waals surface area (Å²) in [6.07, 6.45) is 0. The quantitative estimate of drug-likeness (QED) is 0.562. The first-order valence-electron chi connectivity index (χ1n) is 7.44. The Kier molecular flexibility index (Phi) is 4.93. The first-order chi connectivity index (χ1) is 11.2. The highest BCUT2D eigenvalue weighted by molar-refractivity contribution is 8.00. The minimum absolute atomic E-state index is 0.0258. The van der Waals surface area contributed by atoms with Crippen molar-refractivity contribution in [2.75, 3.05) is 6.54 Å². The van der Waals surface area contributed by atoms with E-state index < -0.39 is 0 Å². The third-order valence-electron chi connectivity index (χ3n) is 3.32. The van der Waals surface area contributed by atoms with Gasteiger partial charge in [0.1, 0.15) is 5.03 Å². The molecule has 0 saturated heterocycles. The van der Waals surface area contributed by atoms with Gasteiger partial charge >= 0.3 is 0 Å². The van der Waals surface area contributed by atoms with Crippen molar-refractivity contribution in [3.05, 3.63) is 41.8 Å². The molecule has 118 valence electrons. The molecule has 1 atom stereocenters. The first-order valence-corrected chi connectivity index (χ1v) is 9.20. The number of thioether (sulfide) groups is 1. The Morgan fingerprint density at radius 3 is 2.83 bits per heavy atom. The molecule has 3 aromatic rings. The van der Waals surface area contributed by atoms with Crippen molar-refractivity contribution >= 4 is 39.9 Å². The summed E-state index contributed by atoms with van der Waals surface area (Å²) in [6.45, 7) is 4.45. The van der Waals surface area contributed by atoms with E-state index in [0.29, 0.717) is 12.4 Å². The van der Waals surface area contributed by atoms with E-state index in [9.17, 15) is 4.79 Å². The fourth-order valence-corrected chi connectivity index (χ4v) is 3.81. The first kappa shape index (κ1) is 16.0. The lowest BCUT2D eigenvalue weighted by Crippen LogP contribution is -2.30. The van der Waals surface area contributed by atoms with Gasteiger partial charge in [-0.2, -0.15) is 0 Å². The highest BCUT2D eigenvalue weighted by Gasteiger charge is 2.17. The lowest BCUT2D eigenvalue weighted by molar-refractivity contribution is -0.120. The van der Waals surface area contributed by atoms with Gasteiger partial charge in [-0.25, -0.2) is 9.97 Å². The second kappa shape index (κ2) is 7.10. The summed E-state index contributed by atoms with van der Waals surface area (Å²) in [5.74, 6) is 0.738. The number of fused-ring (bicyclic) bond motifs is 1. The maximum absolute atomic E-state index is 12.0. The normalized spacial score (nSPS) is 12.3. The van der Waals surface area contributed by atoms with Crippen molar-refractivity contribution in [2.24, 2.45) is 0 Å². The molecule has 0 spiro atoms. The van der Waals surface area contributed by atoms with Gasteiger partial charge in [0, 0.05) is 11.9 Å². The summed E-state index contributed by atoms with van der Waals surface area (Å²) in [5.41, 5.74) is 0.900. The molecule has 3 rings (SSSR count). The van der Waals surface area contributed by atoms with Crippen LogP contribution >= 0.6 is 23.1 Å². The van der Waals surface area contributed by atoms with Crippen molar-refractivity contribution in [1.82, 2.24) is 15.3 Å². The Balaban J connectivity index is 2.02. The molecule has 1 amide bonds. The number of thiophene rings is 1. The van der Waals surface area contributed by atoms with E-state index in [-0.39, 0.29) is 11.2 Å². The lowest BCUT2D eigenvalue weighted by atomic mass is 10.2. The second-order valence-electron chi connectivity index (χ2n) is 5.00. The number of aromatic nitrogens is 2. The average molecular weight is 343 g/mol. The molecule has 0 aliphatic carbocycles. The van der Waals surface area contributed by atoms with E-state index >= 15 is 0 Å². The van der Waals surface area contributed by atoms with Crippen LogP contribution in [0.15, 0.2) is 46.8 Å². The molecule has 0 radical (unpaired) electrons. The minimum atomic E-state index is -0.204. The summed E-state index contributed by atoms with van der Waals surface area (Å²) in [4.78, 5) is 22.4. The monoisotopic (exact) mass is 343 g/mol. The average Bonchev–Trinajstić information content (AvgIpc) is 3.09. The predicted molar refractivity (Wildman–Crippen MR) is 96.9 cm³/mol. The fraction of sp³-hybridized carbons (Fsp3) is 0.235. The van der Waals surface area contributed by atoms with Crippen LogP contribution in [0.1, 0.15) is 13.8 Å². The van der Waals surface area contributed by atoms with Crippen LogP contribution in [-0.4, -0.2) is 27.7 Å². The summed E-state index contributed by atoms with van der Waals surface area (Å²) < 4.78 is 0. The van der Waals surface area contributed by atoms with Gasteiger partial charge in [-0.1, -0.05) is 36.0 Å². The van der Waals surface area contributed by atoms with E-state index in [2.05, 4.69) is 10.3 Å². The summed E-state index contributed by atoms with van der Waals surface area (Å²) >= 11 is 3.09. The molecule has 1 aromatic carbocycles. The molecule has 0 bridgehead atoms. The number of nitrogens with one attached hydrogen (secondary N) is 1. The van der Waals surface area contributed by atoms with Crippen LogP contribution in [0, 0.1) is 0 Å². The largest absolute Gasteiger partial charge is 0.355 e. The number of rotatable bonds is 5. The molecule has 1 N–H and O–H groups in total. The molecule has 0 unspecified atom stereocenters. The number of hydrogen-bond donors (Lipinski definition) is 1. The number of para-hydroxylation sites is 1. The van der Waals surface area contributed by atoms with Crippen molar-refractivity contribution < 1.29 is 4.79 Å². The highest BCUT2D eigenvalue weighted by Crippen LogP contribution is 2.32. The van der Waals surface area contributed by atoms with Gasteiger partial charge in [-0.05, 0) is 31.4 Å². The van der Waals surface area contributed by atoms with Crippen LogP contribution in [0.25, 0.3) is 21.6 Å². The Bertz CT molecular complexity index is 818. The van der Waals surface area contributed by atoms with Crippen molar-refractivity contribution in [2.45, 2.75) is 24.1 Å². The number of nitrogens with zero attached hydrogens (tertiary/aromatic N) is 2. The lowest BCUT2D eigenvalue weighted by Gasteiger charge is -2.12. The molecular formula is C17H17N3OS2. The zero-order valence-electron chi connectivity index (χ0n) is 12.9. The van der Waals surface area contributed by atoms with Gasteiger partial charge in [-0.15, -0.1) is 11.3 Å². The Labute approximate surface area is 143 Å². The minimum Gasteiger partial charge on any atom is -0.355 e. The highest BCUT2D eigenvalue weighted by atomic mass is 32.2. The topological polar surface area (TPSA) is 54.9 Å². The number of carbonyl (C=O) groups is 1. The predicted octanol–water partition coefficient (Wildman–Crippen LogP) is 3.98. The van der Waals surface area contributed by atoms with E-state index in [1.165, 1.54) is 11.8 Å². The smallest absolute Gasteiger partial charge is 0.233 e. The zero-order chi connectivity index (χ0) is 16.2. The van der Waals surface area contributed by atoms with E-state index in [4.69, 9.17) is 4.98 Å². The van der Waals surface area contributed by atoms with E-state index in [1.54, 1.807) is 11.3 Å². The van der Waals surface area contributed by atoms with Gasteiger partial charge in [0.15, 0.2) is 5.82 Å². The number of benzene rings is 1. The van der Waals surface area contributed by atoms with E-state index in [1.807, 2.05) is 55.6 Å². The Hall–Kier alpha value is -1.92. The van der Waals surface area contributed by atoms with Crippen molar-refractivity contribution in [1.29, 1.82) is 0 Å². The third-order valence-corrected chi connectivity index (χ3v) is 5.29. The molecule has 0 fully saturated rings. The maximum Gasteiger partial charge on any atom is 0.233 e. The molecule has 2 aromatic heterocycles. The summed E-state index contributed by atoms with van der Waals surface area (Å²) in [6, 6.07) is 11.9. The second-order valence-corrected chi connectivity index (χ2v) is 7.28. The van der Waals surface area contributed by atoms with Crippen LogP contribution < -0.4 is 5.32 Å². The number of carbonyl (C=O) groups excluding carboxylic acids is 1. The van der Waals surface area contributed by atoms with Crippen LogP contribution in [0.4, 0.5) is 0 Å². The van der Waals surface area contributed by atoms with Gasteiger partial charge in [0.05, 0.1) is 15.6 Å². The summed E-state index contributed by atoms with van der Waals surface area (Å²) in [7, 11) is 0. The van der Waals surface area contributed by atoms with Crippen LogP contribution in [0.3, 0.4) is 0 Å². The SMILES string of the molecule is CCNC(=O)[C@H](C)Sc1nc(-c2cccs2)nc2ccccc12. The zero-order valence-corrected chi connectivity index (χ0v) is 14.6. The van der Waals surface area contributed by atoms with Gasteiger partial charge < -0.3 is 5.32 Å². The number of hydrogen-bond acceptors (Lipinski definition) is 5. The van der Waals surface area contributed by atoms with Gasteiger partial charge in [0.2, 0.25) is 5.91 Å². The molecule has 23 heavy (non-hydrogen) atoms. The molecule has 0 aliphatic heterocycles. The Morgan fingerprint density at radius 1 is 1.26 bits per heavy atom. The Morgan fingerprint density at radius 2 is 2.09 bits per heavy atom. The molecule has 0 saturated carbocycles. The van der Waals surface area contributed by atoms with Crippen LogP contribution in [0.2, 0.25) is 0 Å². The molecule has 4 nitrogen and oxygen atoms in total. The fourth-order valence-electron chi connectivity index (χ4n) is 2.19. The van der Waals surface area contributed by atoms with Crippen LogP contribution in [0.5, 0.6) is 0 Å². The maximum atomic E-state index is 12.0.